The van der Waals surface area contributed by atoms with Crippen molar-refractivity contribution in [3.63, 3.8) is 0 Å². The molecule has 0 amide bonds. The van der Waals surface area contributed by atoms with E-state index in [4.69, 9.17) is 0 Å². The fraction of sp³-hybridized carbons (Fsp3) is 0.611. The van der Waals surface area contributed by atoms with E-state index in [1.165, 1.54) is 24.1 Å². The van der Waals surface area contributed by atoms with Crippen molar-refractivity contribution >= 4 is 11.6 Å². The molecule has 4 heteroatoms. The van der Waals surface area contributed by atoms with Crippen LogP contribution in [0.2, 0.25) is 0 Å². The molecule has 0 radical (unpaired) electrons. The van der Waals surface area contributed by atoms with Gasteiger partial charge in [-0.15, -0.1) is 0 Å². The number of unbranched alkanes of at least 4 members (excludes halogenated alkanes) is 1. The summed E-state index contributed by atoms with van der Waals surface area (Å²) in [6.45, 7) is 7.06. The summed E-state index contributed by atoms with van der Waals surface area (Å²) in [7, 11) is 4.13. The predicted octanol–water partition coefficient (Wildman–Crippen LogP) is 3.04. The summed E-state index contributed by atoms with van der Waals surface area (Å²) in [5.74, 6) is 0.943. The molecule has 0 saturated heterocycles. The van der Waals surface area contributed by atoms with Crippen LogP contribution in [0.5, 0.6) is 0 Å². The normalized spacial score (nSPS) is 11.4. The van der Waals surface area contributed by atoms with Gasteiger partial charge in [0.15, 0.2) is 5.96 Å². The molecule has 0 unspecified atom stereocenters. The van der Waals surface area contributed by atoms with E-state index in [1.807, 2.05) is 0 Å². The highest BCUT2D eigenvalue weighted by Crippen LogP contribution is 2.13. The Morgan fingerprint density at radius 3 is 2.36 bits per heavy atom. The van der Waals surface area contributed by atoms with Gasteiger partial charge in [0.05, 0.1) is 0 Å². The third kappa shape index (κ3) is 7.34. The minimum Gasteiger partial charge on any atom is -0.378 e. The van der Waals surface area contributed by atoms with Gasteiger partial charge in [0.1, 0.15) is 0 Å². The summed E-state index contributed by atoms with van der Waals surface area (Å²) in [6, 6.07) is 8.78. The SMILES string of the molecule is CCCCNC(=NCCCc1ccc(N(C)C)cc1)NCC. The summed E-state index contributed by atoms with van der Waals surface area (Å²) in [5.41, 5.74) is 2.63. The lowest BCUT2D eigenvalue weighted by molar-refractivity contribution is 0.725. The van der Waals surface area contributed by atoms with E-state index in [0.717, 1.165) is 38.4 Å². The molecule has 0 saturated carbocycles. The van der Waals surface area contributed by atoms with Crippen LogP contribution in [0.25, 0.3) is 0 Å². The molecule has 22 heavy (non-hydrogen) atoms. The maximum Gasteiger partial charge on any atom is 0.191 e. The molecule has 2 N–H and O–H groups in total. The van der Waals surface area contributed by atoms with Crippen LogP contribution in [-0.4, -0.2) is 39.7 Å². The van der Waals surface area contributed by atoms with Gasteiger partial charge in [0.25, 0.3) is 0 Å². The number of aryl methyl sites for hydroxylation is 1. The van der Waals surface area contributed by atoms with E-state index in [9.17, 15) is 0 Å². The average molecular weight is 304 g/mol. The topological polar surface area (TPSA) is 39.7 Å². The zero-order valence-electron chi connectivity index (χ0n) is 14.7. The van der Waals surface area contributed by atoms with Gasteiger partial charge in [-0.25, -0.2) is 0 Å². The van der Waals surface area contributed by atoms with Gasteiger partial charge in [0.2, 0.25) is 0 Å². The second-order valence-electron chi connectivity index (χ2n) is 5.71. The largest absolute Gasteiger partial charge is 0.378 e. The van der Waals surface area contributed by atoms with Crippen LogP contribution >= 0.6 is 0 Å². The van der Waals surface area contributed by atoms with Crippen molar-refractivity contribution < 1.29 is 0 Å². The maximum absolute atomic E-state index is 4.63. The number of hydrogen-bond acceptors (Lipinski definition) is 2. The summed E-state index contributed by atoms with van der Waals surface area (Å²) in [4.78, 5) is 6.76. The van der Waals surface area contributed by atoms with Gasteiger partial charge >= 0.3 is 0 Å². The number of aliphatic imine (C=N–C) groups is 1. The molecule has 0 aliphatic heterocycles. The lowest BCUT2D eigenvalue weighted by Crippen LogP contribution is -2.37. The summed E-state index contributed by atoms with van der Waals surface area (Å²) >= 11 is 0. The first-order chi connectivity index (χ1) is 10.7. The number of benzene rings is 1. The number of nitrogens with one attached hydrogen (secondary N) is 2. The van der Waals surface area contributed by atoms with Crippen LogP contribution in [-0.2, 0) is 6.42 Å². The molecule has 0 aliphatic carbocycles. The zero-order chi connectivity index (χ0) is 16.2. The van der Waals surface area contributed by atoms with E-state index in [-0.39, 0.29) is 0 Å². The number of rotatable bonds is 9. The van der Waals surface area contributed by atoms with Crippen LogP contribution in [0.1, 0.15) is 38.7 Å². The van der Waals surface area contributed by atoms with Gasteiger partial charge in [-0.05, 0) is 43.9 Å². The molecule has 0 bridgehead atoms. The highest BCUT2D eigenvalue weighted by molar-refractivity contribution is 5.79. The van der Waals surface area contributed by atoms with E-state index >= 15 is 0 Å². The first-order valence-corrected chi connectivity index (χ1v) is 8.45. The van der Waals surface area contributed by atoms with Crippen molar-refractivity contribution in [2.75, 3.05) is 38.6 Å². The van der Waals surface area contributed by atoms with Crippen molar-refractivity contribution in [2.24, 2.45) is 4.99 Å². The molecule has 4 nitrogen and oxygen atoms in total. The first-order valence-electron chi connectivity index (χ1n) is 8.45. The van der Waals surface area contributed by atoms with Crippen LogP contribution in [0.3, 0.4) is 0 Å². The third-order valence-corrected chi connectivity index (χ3v) is 3.51. The Labute approximate surface area is 136 Å². The monoisotopic (exact) mass is 304 g/mol. The summed E-state index contributed by atoms with van der Waals surface area (Å²) < 4.78 is 0. The number of hydrogen-bond donors (Lipinski definition) is 2. The van der Waals surface area contributed by atoms with E-state index in [2.05, 4.69) is 72.7 Å². The molecule has 0 atom stereocenters. The average Bonchev–Trinajstić information content (AvgIpc) is 2.52. The Kier molecular flexibility index (Phi) is 9.12. The van der Waals surface area contributed by atoms with Gasteiger partial charge in [0, 0.05) is 39.4 Å². The van der Waals surface area contributed by atoms with Crippen molar-refractivity contribution in [3.8, 4) is 0 Å². The molecular weight excluding hydrogens is 272 g/mol. The fourth-order valence-electron chi connectivity index (χ4n) is 2.16. The lowest BCUT2D eigenvalue weighted by atomic mass is 10.1. The molecule has 1 aromatic rings. The third-order valence-electron chi connectivity index (χ3n) is 3.51. The van der Waals surface area contributed by atoms with Crippen molar-refractivity contribution in [3.05, 3.63) is 29.8 Å². The van der Waals surface area contributed by atoms with Crippen molar-refractivity contribution in [1.29, 1.82) is 0 Å². The number of guanidine groups is 1. The Morgan fingerprint density at radius 2 is 1.77 bits per heavy atom. The van der Waals surface area contributed by atoms with Crippen LogP contribution in [0.4, 0.5) is 5.69 Å². The minimum atomic E-state index is 0.858. The zero-order valence-corrected chi connectivity index (χ0v) is 14.7. The Balaban J connectivity index is 2.35. The molecule has 0 heterocycles. The smallest absolute Gasteiger partial charge is 0.191 e. The number of nitrogens with zero attached hydrogens (tertiary/aromatic N) is 2. The molecule has 1 aromatic carbocycles. The second kappa shape index (κ2) is 10.9. The highest BCUT2D eigenvalue weighted by Gasteiger charge is 1.98. The molecule has 0 fully saturated rings. The van der Waals surface area contributed by atoms with Crippen LogP contribution in [0, 0.1) is 0 Å². The van der Waals surface area contributed by atoms with Gasteiger partial charge in [-0.1, -0.05) is 25.5 Å². The quantitative estimate of drug-likeness (QED) is 0.418. The molecule has 0 aromatic heterocycles. The van der Waals surface area contributed by atoms with E-state index in [1.54, 1.807) is 0 Å². The van der Waals surface area contributed by atoms with Gasteiger partial charge in [-0.3, -0.25) is 4.99 Å². The Hall–Kier alpha value is -1.71. The molecule has 1 rings (SSSR count). The maximum atomic E-state index is 4.63. The molecule has 0 spiro atoms. The lowest BCUT2D eigenvalue weighted by Gasteiger charge is -2.12. The minimum absolute atomic E-state index is 0.858. The molecule has 124 valence electrons. The highest BCUT2D eigenvalue weighted by atomic mass is 15.2. The van der Waals surface area contributed by atoms with Crippen molar-refractivity contribution in [2.45, 2.75) is 39.5 Å². The van der Waals surface area contributed by atoms with E-state index in [0.29, 0.717) is 0 Å². The van der Waals surface area contributed by atoms with Crippen LogP contribution < -0.4 is 15.5 Å². The second-order valence-corrected chi connectivity index (χ2v) is 5.71. The van der Waals surface area contributed by atoms with Crippen LogP contribution in [0.15, 0.2) is 29.3 Å². The first kappa shape index (κ1) is 18.3. The van der Waals surface area contributed by atoms with Gasteiger partial charge < -0.3 is 15.5 Å². The Morgan fingerprint density at radius 1 is 1.05 bits per heavy atom. The molecule has 0 aliphatic rings. The Bertz CT molecular complexity index is 423. The van der Waals surface area contributed by atoms with Crippen molar-refractivity contribution in [1.82, 2.24) is 10.6 Å². The summed E-state index contributed by atoms with van der Waals surface area (Å²) in [5, 5.41) is 6.67. The fourth-order valence-corrected chi connectivity index (χ4v) is 2.16. The van der Waals surface area contributed by atoms with E-state index < -0.39 is 0 Å². The number of anilines is 1. The standard InChI is InChI=1S/C18H32N4/c1-5-7-14-20-18(19-6-2)21-15-8-9-16-10-12-17(13-11-16)22(3)4/h10-13H,5-9,14-15H2,1-4H3,(H2,19,20,21). The summed E-state index contributed by atoms with van der Waals surface area (Å²) in [6.07, 6.45) is 4.54. The molecular formula is C18H32N4. The van der Waals surface area contributed by atoms with Gasteiger partial charge in [-0.2, -0.15) is 0 Å². The predicted molar refractivity (Wildman–Crippen MR) is 98.0 cm³/mol.